The molecular formula is C31H38N4O7S. The largest absolute Gasteiger partial charge is 0.497 e. The Labute approximate surface area is 252 Å². The lowest BCUT2D eigenvalue weighted by Crippen LogP contribution is -2.53. The van der Waals surface area contributed by atoms with E-state index in [1.165, 1.54) is 34.6 Å². The predicted molar refractivity (Wildman–Crippen MR) is 161 cm³/mol. The van der Waals surface area contributed by atoms with E-state index < -0.39 is 40.3 Å². The van der Waals surface area contributed by atoms with E-state index in [2.05, 4.69) is 10.3 Å². The third-order valence-electron chi connectivity index (χ3n) is 7.40. The molecule has 0 radical (unpaired) electrons. The van der Waals surface area contributed by atoms with E-state index in [-0.39, 0.29) is 36.9 Å². The van der Waals surface area contributed by atoms with Gasteiger partial charge < -0.3 is 19.9 Å². The summed E-state index contributed by atoms with van der Waals surface area (Å²) in [6, 6.07) is 19.6. The second-order valence-electron chi connectivity index (χ2n) is 10.6. The highest BCUT2D eigenvalue weighted by molar-refractivity contribution is 7.89. The van der Waals surface area contributed by atoms with Gasteiger partial charge in [0.05, 0.1) is 30.7 Å². The average Bonchev–Trinajstić information content (AvgIpc) is 3.42. The van der Waals surface area contributed by atoms with Crippen molar-refractivity contribution in [1.82, 2.24) is 14.6 Å². The van der Waals surface area contributed by atoms with Gasteiger partial charge in [-0.05, 0) is 42.2 Å². The number of nitrogens with one attached hydrogen (secondary N) is 1. The summed E-state index contributed by atoms with van der Waals surface area (Å²) in [7, 11) is -2.57. The van der Waals surface area contributed by atoms with Gasteiger partial charge in [-0.25, -0.2) is 18.2 Å². The number of hydrogen-bond donors (Lipinski definition) is 2. The SMILES string of the molecule is CC[C@@H](C)CN(C[C@@H](O)C(Cc1ccccc1)NC(=O)[C@@H]1CN(c2ccccn2)C(=O)O1)S(=O)(=O)c1cccc(OC)c1. The second kappa shape index (κ2) is 14.5. The Hall–Kier alpha value is -4.00. The number of hydrogen-bond acceptors (Lipinski definition) is 8. The van der Waals surface area contributed by atoms with Gasteiger partial charge in [0.25, 0.3) is 5.91 Å². The topological polar surface area (TPSA) is 138 Å². The van der Waals surface area contributed by atoms with Crippen LogP contribution in [-0.2, 0) is 26.0 Å². The van der Waals surface area contributed by atoms with Gasteiger partial charge in [0.2, 0.25) is 10.0 Å². The second-order valence-corrected chi connectivity index (χ2v) is 12.5. The highest BCUT2D eigenvalue weighted by Gasteiger charge is 2.39. The fourth-order valence-corrected chi connectivity index (χ4v) is 6.33. The van der Waals surface area contributed by atoms with Crippen molar-refractivity contribution in [3.8, 4) is 5.75 Å². The zero-order valence-electron chi connectivity index (χ0n) is 24.5. The molecule has 43 heavy (non-hydrogen) atoms. The zero-order chi connectivity index (χ0) is 31.0. The summed E-state index contributed by atoms with van der Waals surface area (Å²) in [5.74, 6) is 0.151. The number of aliphatic hydroxyl groups is 1. The van der Waals surface area contributed by atoms with Crippen LogP contribution in [0.4, 0.5) is 10.6 Å². The van der Waals surface area contributed by atoms with E-state index in [0.29, 0.717) is 11.6 Å². The van der Waals surface area contributed by atoms with Gasteiger partial charge in [-0.3, -0.25) is 9.69 Å². The first-order valence-electron chi connectivity index (χ1n) is 14.2. The Morgan fingerprint density at radius 2 is 1.88 bits per heavy atom. The van der Waals surface area contributed by atoms with Crippen LogP contribution < -0.4 is 15.0 Å². The molecule has 11 nitrogen and oxygen atoms in total. The minimum Gasteiger partial charge on any atom is -0.497 e. The minimum atomic E-state index is -4.03. The molecule has 1 aliphatic heterocycles. The first-order chi connectivity index (χ1) is 20.6. The number of benzene rings is 2. The molecule has 1 aliphatic rings. The monoisotopic (exact) mass is 610 g/mol. The standard InChI is InChI=1S/C31H38N4O7S/c1-4-22(2)19-34(43(39,40)25-14-10-13-24(18-25)41-3)20-27(36)26(17-23-11-6-5-7-12-23)33-30(37)28-21-35(31(38)42-28)29-15-8-9-16-32-29/h5-16,18,22,26-28,36H,4,17,19-21H2,1-3H3,(H,33,37)/t22-,26?,27-,28+/m1/s1. The number of ether oxygens (including phenoxy) is 2. The molecule has 0 aliphatic carbocycles. The highest BCUT2D eigenvalue weighted by atomic mass is 32.2. The zero-order valence-corrected chi connectivity index (χ0v) is 25.3. The smallest absolute Gasteiger partial charge is 0.416 e. The van der Waals surface area contributed by atoms with E-state index in [0.717, 1.165) is 12.0 Å². The van der Waals surface area contributed by atoms with Gasteiger partial charge in [0, 0.05) is 25.4 Å². The molecular weight excluding hydrogens is 572 g/mol. The van der Waals surface area contributed by atoms with Gasteiger partial charge in [0.1, 0.15) is 11.6 Å². The Morgan fingerprint density at radius 1 is 1.14 bits per heavy atom. The first kappa shape index (κ1) is 31.9. The lowest BCUT2D eigenvalue weighted by molar-refractivity contribution is -0.129. The van der Waals surface area contributed by atoms with E-state index >= 15 is 0 Å². The minimum absolute atomic E-state index is 0.00484. The third-order valence-corrected chi connectivity index (χ3v) is 9.23. The van der Waals surface area contributed by atoms with Crippen molar-refractivity contribution in [2.45, 2.75) is 49.8 Å². The number of pyridine rings is 1. The van der Waals surface area contributed by atoms with Crippen LogP contribution in [0.25, 0.3) is 0 Å². The normalized spacial score (nSPS) is 17.3. The molecule has 0 saturated carbocycles. The van der Waals surface area contributed by atoms with Crippen molar-refractivity contribution in [1.29, 1.82) is 0 Å². The van der Waals surface area contributed by atoms with E-state index in [9.17, 15) is 23.1 Å². The summed E-state index contributed by atoms with van der Waals surface area (Å²) in [5, 5.41) is 14.4. The van der Waals surface area contributed by atoms with Gasteiger partial charge in [-0.2, -0.15) is 4.31 Å². The number of rotatable bonds is 14. The highest BCUT2D eigenvalue weighted by Crippen LogP contribution is 2.24. The van der Waals surface area contributed by atoms with Crippen LogP contribution in [0.3, 0.4) is 0 Å². The molecule has 2 N–H and O–H groups in total. The summed E-state index contributed by atoms with van der Waals surface area (Å²) in [6.45, 7) is 3.74. The third kappa shape index (κ3) is 8.09. The number of carbonyl (C=O) groups is 2. The summed E-state index contributed by atoms with van der Waals surface area (Å²) in [4.78, 5) is 31.4. The number of cyclic esters (lactones) is 1. The maximum atomic E-state index is 13.8. The van der Waals surface area contributed by atoms with E-state index in [4.69, 9.17) is 9.47 Å². The maximum Gasteiger partial charge on any atom is 0.416 e. The van der Waals surface area contributed by atoms with Gasteiger partial charge in [-0.1, -0.05) is 62.7 Å². The van der Waals surface area contributed by atoms with Crippen molar-refractivity contribution in [2.24, 2.45) is 5.92 Å². The van der Waals surface area contributed by atoms with Crippen LogP contribution in [0, 0.1) is 5.92 Å². The van der Waals surface area contributed by atoms with E-state index in [1.54, 1.807) is 30.3 Å². The molecule has 1 unspecified atom stereocenters. The Morgan fingerprint density at radius 3 is 2.56 bits per heavy atom. The van der Waals surface area contributed by atoms with Crippen molar-refractivity contribution in [2.75, 3.05) is 31.6 Å². The summed E-state index contributed by atoms with van der Waals surface area (Å²) in [6.07, 6.45) is -0.663. The lowest BCUT2D eigenvalue weighted by atomic mass is 10.0. The maximum absolute atomic E-state index is 13.8. The quantitative estimate of drug-likeness (QED) is 0.284. The molecule has 4 rings (SSSR count). The van der Waals surface area contributed by atoms with Crippen molar-refractivity contribution >= 4 is 27.8 Å². The average molecular weight is 611 g/mol. The van der Waals surface area contributed by atoms with Gasteiger partial charge in [0.15, 0.2) is 6.10 Å². The molecule has 2 aromatic carbocycles. The van der Waals surface area contributed by atoms with Gasteiger partial charge >= 0.3 is 6.09 Å². The van der Waals surface area contributed by atoms with Crippen LogP contribution in [-0.4, -0.2) is 79.8 Å². The van der Waals surface area contributed by atoms with Crippen LogP contribution in [0.2, 0.25) is 0 Å². The van der Waals surface area contributed by atoms with Crippen LogP contribution in [0.15, 0.2) is 83.9 Å². The number of aliphatic hydroxyl groups excluding tert-OH is 1. The summed E-state index contributed by atoms with van der Waals surface area (Å²) >= 11 is 0. The van der Waals surface area contributed by atoms with Crippen molar-refractivity contribution in [3.05, 3.63) is 84.6 Å². The molecule has 3 aromatic rings. The Balaban J connectivity index is 1.57. The molecule has 2 amide bonds. The molecule has 12 heteroatoms. The molecule has 0 bridgehead atoms. The van der Waals surface area contributed by atoms with Crippen LogP contribution >= 0.6 is 0 Å². The fraction of sp³-hybridized carbons (Fsp3) is 0.387. The fourth-order valence-electron chi connectivity index (χ4n) is 4.72. The molecule has 1 fully saturated rings. The number of methoxy groups -OCH3 is 1. The number of anilines is 1. The van der Waals surface area contributed by atoms with Crippen LogP contribution in [0.1, 0.15) is 25.8 Å². The first-order valence-corrected chi connectivity index (χ1v) is 15.6. The Bertz CT molecular complexity index is 1470. The molecule has 230 valence electrons. The molecule has 1 saturated heterocycles. The molecule has 1 aromatic heterocycles. The Kier molecular flexibility index (Phi) is 10.7. The molecule has 2 heterocycles. The number of nitrogens with zero attached hydrogens (tertiary/aromatic N) is 3. The number of carbonyl (C=O) groups excluding carboxylic acids is 2. The summed E-state index contributed by atoms with van der Waals surface area (Å²) < 4.78 is 39.4. The molecule has 0 spiro atoms. The van der Waals surface area contributed by atoms with Gasteiger partial charge in [-0.15, -0.1) is 0 Å². The summed E-state index contributed by atoms with van der Waals surface area (Å²) in [5.41, 5.74) is 0.828. The van der Waals surface area contributed by atoms with Crippen molar-refractivity contribution in [3.63, 3.8) is 0 Å². The number of aromatic nitrogens is 1. The van der Waals surface area contributed by atoms with E-state index in [1.807, 2.05) is 44.2 Å². The van der Waals surface area contributed by atoms with Crippen LogP contribution in [0.5, 0.6) is 5.75 Å². The number of amides is 2. The predicted octanol–water partition coefficient (Wildman–Crippen LogP) is 3.24. The van der Waals surface area contributed by atoms with Crippen molar-refractivity contribution < 1.29 is 32.6 Å². The molecule has 4 atom stereocenters. The number of sulfonamides is 1. The lowest BCUT2D eigenvalue weighted by Gasteiger charge is -2.31.